The smallest absolute Gasteiger partial charge is 0.339 e. The maximum absolute atomic E-state index is 12.6. The van der Waals surface area contributed by atoms with Crippen LogP contribution < -0.4 is 10.4 Å². The summed E-state index contributed by atoms with van der Waals surface area (Å²) in [6.45, 7) is 6.32. The van der Waals surface area contributed by atoms with Crippen LogP contribution >= 0.6 is 0 Å². The number of benzene rings is 1. The molecular formula is C21H25NO6. The van der Waals surface area contributed by atoms with E-state index in [0.717, 1.165) is 11.1 Å². The van der Waals surface area contributed by atoms with Gasteiger partial charge in [0, 0.05) is 18.7 Å². The van der Waals surface area contributed by atoms with Gasteiger partial charge in [-0.3, -0.25) is 9.59 Å². The number of carbonyl (C=O) groups is 2. The zero-order chi connectivity index (χ0) is 20.4. The zero-order valence-corrected chi connectivity index (χ0v) is 16.7. The van der Waals surface area contributed by atoms with Crippen molar-refractivity contribution in [3.63, 3.8) is 0 Å². The number of fused-ring (bicyclic) bond motifs is 1. The highest BCUT2D eigenvalue weighted by Gasteiger charge is 2.28. The Kier molecular flexibility index (Phi) is 5.72. The van der Waals surface area contributed by atoms with Crippen molar-refractivity contribution >= 4 is 22.8 Å². The van der Waals surface area contributed by atoms with Crippen molar-refractivity contribution in [2.75, 3.05) is 26.8 Å². The number of amides is 1. The average Bonchev–Trinajstić information content (AvgIpc) is 2.69. The van der Waals surface area contributed by atoms with Crippen LogP contribution in [0.1, 0.15) is 29.5 Å². The second-order valence-electron chi connectivity index (χ2n) is 7.24. The lowest BCUT2D eigenvalue weighted by Crippen LogP contribution is -2.42. The first kappa shape index (κ1) is 19.9. The largest absolute Gasteiger partial charge is 0.483 e. The van der Waals surface area contributed by atoms with Gasteiger partial charge >= 0.3 is 11.6 Å². The Labute approximate surface area is 163 Å². The lowest BCUT2D eigenvalue weighted by atomic mass is 9.97. The molecule has 0 atom stereocenters. The number of hydrogen-bond acceptors (Lipinski definition) is 6. The predicted molar refractivity (Wildman–Crippen MR) is 104 cm³/mol. The molecular weight excluding hydrogens is 362 g/mol. The summed E-state index contributed by atoms with van der Waals surface area (Å²) in [5.41, 5.74) is 2.27. The second-order valence-corrected chi connectivity index (χ2v) is 7.24. The molecule has 1 aromatic heterocycles. The summed E-state index contributed by atoms with van der Waals surface area (Å²) in [5, 5.41) is 0.708. The summed E-state index contributed by atoms with van der Waals surface area (Å²) in [5.74, 6) is 0.0213. The maximum atomic E-state index is 12.6. The third kappa shape index (κ3) is 3.88. The topological polar surface area (TPSA) is 86.1 Å². The van der Waals surface area contributed by atoms with Crippen LogP contribution in [-0.2, 0) is 14.3 Å². The highest BCUT2D eigenvalue weighted by atomic mass is 16.5. The number of hydrogen-bond donors (Lipinski definition) is 0. The Balaban J connectivity index is 1.74. The molecule has 150 valence electrons. The summed E-state index contributed by atoms with van der Waals surface area (Å²) in [4.78, 5) is 37.8. The van der Waals surface area contributed by atoms with Gasteiger partial charge in [0.05, 0.1) is 18.4 Å². The number of methoxy groups -OCH3 is 1. The summed E-state index contributed by atoms with van der Waals surface area (Å²) in [6.07, 6.45) is 1.19. The number of esters is 1. The van der Waals surface area contributed by atoms with E-state index in [1.54, 1.807) is 17.9 Å². The van der Waals surface area contributed by atoms with E-state index in [2.05, 4.69) is 0 Å². The van der Waals surface area contributed by atoms with Crippen molar-refractivity contribution < 1.29 is 23.5 Å². The van der Waals surface area contributed by atoms with E-state index in [0.29, 0.717) is 48.2 Å². The van der Waals surface area contributed by atoms with Crippen LogP contribution in [0.2, 0.25) is 0 Å². The Morgan fingerprint density at radius 2 is 1.82 bits per heavy atom. The Hall–Kier alpha value is -2.83. The van der Waals surface area contributed by atoms with Gasteiger partial charge in [-0.05, 0) is 56.9 Å². The third-order valence-electron chi connectivity index (χ3n) is 5.39. The highest BCUT2D eigenvalue weighted by molar-refractivity contribution is 5.88. The minimum Gasteiger partial charge on any atom is -0.483 e. The predicted octanol–water partition coefficient (Wildman–Crippen LogP) is 2.51. The molecule has 0 bridgehead atoms. The summed E-state index contributed by atoms with van der Waals surface area (Å²) in [6, 6.07) is 3.63. The van der Waals surface area contributed by atoms with E-state index in [1.807, 2.05) is 19.9 Å². The monoisotopic (exact) mass is 387 g/mol. The minimum atomic E-state index is -0.369. The van der Waals surface area contributed by atoms with Gasteiger partial charge in [0.25, 0.3) is 5.91 Å². The molecule has 1 aliphatic rings. The molecule has 0 aliphatic carbocycles. The van der Waals surface area contributed by atoms with Gasteiger partial charge in [-0.25, -0.2) is 4.79 Å². The van der Waals surface area contributed by atoms with Gasteiger partial charge in [-0.15, -0.1) is 0 Å². The molecule has 7 nitrogen and oxygen atoms in total. The fourth-order valence-corrected chi connectivity index (χ4v) is 3.56. The highest BCUT2D eigenvalue weighted by Crippen LogP contribution is 2.31. The molecule has 0 saturated carbocycles. The Morgan fingerprint density at radius 1 is 1.14 bits per heavy atom. The number of ether oxygens (including phenoxy) is 2. The van der Waals surface area contributed by atoms with Crippen LogP contribution in [0.3, 0.4) is 0 Å². The molecule has 1 saturated heterocycles. The molecule has 0 spiro atoms. The maximum Gasteiger partial charge on any atom is 0.339 e. The molecule has 0 radical (unpaired) electrons. The first-order valence-electron chi connectivity index (χ1n) is 9.35. The van der Waals surface area contributed by atoms with Crippen LogP contribution in [0.25, 0.3) is 11.0 Å². The lowest BCUT2D eigenvalue weighted by molar-refractivity contribution is -0.149. The zero-order valence-electron chi connectivity index (χ0n) is 16.7. The SMILES string of the molecule is COC(=O)C1CCN(C(=O)COc2cc(C)cc3oc(=O)c(C)c(C)c23)CC1. The van der Waals surface area contributed by atoms with Crippen molar-refractivity contribution in [3.05, 3.63) is 39.2 Å². The van der Waals surface area contributed by atoms with Crippen molar-refractivity contribution in [1.82, 2.24) is 4.90 Å². The quantitative estimate of drug-likeness (QED) is 0.592. The van der Waals surface area contributed by atoms with E-state index in [-0.39, 0.29) is 30.0 Å². The van der Waals surface area contributed by atoms with Crippen molar-refractivity contribution in [2.45, 2.75) is 33.6 Å². The van der Waals surface area contributed by atoms with E-state index in [9.17, 15) is 14.4 Å². The summed E-state index contributed by atoms with van der Waals surface area (Å²) >= 11 is 0. The third-order valence-corrected chi connectivity index (χ3v) is 5.39. The minimum absolute atomic E-state index is 0.112. The van der Waals surface area contributed by atoms with Crippen molar-refractivity contribution in [1.29, 1.82) is 0 Å². The van der Waals surface area contributed by atoms with Gasteiger partial charge in [0.2, 0.25) is 0 Å². The summed E-state index contributed by atoms with van der Waals surface area (Å²) < 4.78 is 16.0. The van der Waals surface area contributed by atoms with E-state index < -0.39 is 0 Å². The molecule has 1 fully saturated rings. The first-order chi connectivity index (χ1) is 13.3. The van der Waals surface area contributed by atoms with Crippen LogP contribution in [-0.4, -0.2) is 43.6 Å². The molecule has 1 amide bonds. The molecule has 0 unspecified atom stereocenters. The number of carbonyl (C=O) groups excluding carboxylic acids is 2. The molecule has 0 N–H and O–H groups in total. The molecule has 2 aromatic rings. The normalized spacial score (nSPS) is 14.9. The number of rotatable bonds is 4. The van der Waals surface area contributed by atoms with Crippen LogP contribution in [0.4, 0.5) is 0 Å². The molecule has 28 heavy (non-hydrogen) atoms. The average molecular weight is 387 g/mol. The van der Waals surface area contributed by atoms with Crippen LogP contribution in [0.15, 0.2) is 21.3 Å². The van der Waals surface area contributed by atoms with Gasteiger partial charge in [-0.1, -0.05) is 0 Å². The Morgan fingerprint density at radius 3 is 2.46 bits per heavy atom. The van der Waals surface area contributed by atoms with Gasteiger partial charge in [0.15, 0.2) is 6.61 Å². The molecule has 2 heterocycles. The van der Waals surface area contributed by atoms with Gasteiger partial charge in [-0.2, -0.15) is 0 Å². The standard InChI is InChI=1S/C21H25NO6/c1-12-9-16(19-13(2)14(3)20(24)28-17(19)10-12)27-11-18(23)22-7-5-15(6-8-22)21(25)26-4/h9-10,15H,5-8,11H2,1-4H3. The Bertz CT molecular complexity index is 969. The van der Waals surface area contributed by atoms with E-state index >= 15 is 0 Å². The number of nitrogens with zero attached hydrogens (tertiary/aromatic N) is 1. The fourth-order valence-electron chi connectivity index (χ4n) is 3.56. The van der Waals surface area contributed by atoms with E-state index in [4.69, 9.17) is 13.9 Å². The molecule has 1 aliphatic heterocycles. The van der Waals surface area contributed by atoms with Gasteiger partial charge < -0.3 is 18.8 Å². The second kappa shape index (κ2) is 8.04. The van der Waals surface area contributed by atoms with E-state index in [1.165, 1.54) is 7.11 Å². The van der Waals surface area contributed by atoms with Crippen LogP contribution in [0.5, 0.6) is 5.75 Å². The molecule has 7 heteroatoms. The van der Waals surface area contributed by atoms with Crippen LogP contribution in [0, 0.1) is 26.7 Å². The van der Waals surface area contributed by atoms with Gasteiger partial charge in [0.1, 0.15) is 11.3 Å². The van der Waals surface area contributed by atoms with Crippen molar-refractivity contribution in [2.24, 2.45) is 5.92 Å². The fraction of sp³-hybridized carbons (Fsp3) is 0.476. The number of aryl methyl sites for hydroxylation is 2. The lowest BCUT2D eigenvalue weighted by Gasteiger charge is -2.30. The first-order valence-corrected chi connectivity index (χ1v) is 9.35. The molecule has 3 rings (SSSR count). The number of piperidine rings is 1. The number of likely N-dealkylation sites (tertiary alicyclic amines) is 1. The van der Waals surface area contributed by atoms with Crippen molar-refractivity contribution in [3.8, 4) is 5.75 Å². The molecule has 1 aromatic carbocycles. The summed E-state index contributed by atoms with van der Waals surface area (Å²) in [7, 11) is 1.38.